The Bertz CT molecular complexity index is 1130. The molecule has 0 aliphatic carbocycles. The topological polar surface area (TPSA) is 69.0 Å². The van der Waals surface area contributed by atoms with Crippen LogP contribution in [0.3, 0.4) is 0 Å². The van der Waals surface area contributed by atoms with E-state index >= 15 is 0 Å². The zero-order chi connectivity index (χ0) is 24.9. The number of hydrogen-bond donors (Lipinski definition) is 1. The average Bonchev–Trinajstić information content (AvgIpc) is 3.48. The third-order valence-electron chi connectivity index (χ3n) is 6.20. The SMILES string of the molecule is CC(C)c1cccc(C(C)C)c1NC(=O)CSc1nnc(-c2ccc(F)cc2)n1CC1CCCO1. The summed E-state index contributed by atoms with van der Waals surface area (Å²) in [4.78, 5) is 13.0. The Balaban J connectivity index is 1.54. The number of hydrogen-bond acceptors (Lipinski definition) is 5. The Morgan fingerprint density at radius 2 is 1.80 bits per heavy atom. The molecule has 1 saturated heterocycles. The smallest absolute Gasteiger partial charge is 0.234 e. The molecule has 186 valence electrons. The Morgan fingerprint density at radius 3 is 2.40 bits per heavy atom. The minimum Gasteiger partial charge on any atom is -0.376 e. The first-order valence-corrected chi connectivity index (χ1v) is 13.2. The van der Waals surface area contributed by atoms with E-state index in [2.05, 4.69) is 61.4 Å². The second-order valence-electron chi connectivity index (χ2n) is 9.52. The van der Waals surface area contributed by atoms with E-state index in [1.807, 2.05) is 4.57 Å². The molecule has 1 amide bonds. The summed E-state index contributed by atoms with van der Waals surface area (Å²) in [5.41, 5.74) is 3.96. The predicted molar refractivity (Wildman–Crippen MR) is 138 cm³/mol. The molecule has 1 aliphatic rings. The molecular formula is C27H33FN4O2S. The minimum absolute atomic E-state index is 0.0740. The van der Waals surface area contributed by atoms with E-state index in [0.717, 1.165) is 41.8 Å². The summed E-state index contributed by atoms with van der Waals surface area (Å²) >= 11 is 1.35. The maximum Gasteiger partial charge on any atom is 0.234 e. The fraction of sp³-hybridized carbons (Fsp3) is 0.444. The number of amides is 1. The number of carbonyl (C=O) groups excluding carboxylic acids is 1. The highest BCUT2D eigenvalue weighted by atomic mass is 32.2. The van der Waals surface area contributed by atoms with Crippen molar-refractivity contribution in [1.82, 2.24) is 14.8 Å². The molecule has 35 heavy (non-hydrogen) atoms. The van der Waals surface area contributed by atoms with Crippen molar-refractivity contribution in [2.45, 2.75) is 70.2 Å². The van der Waals surface area contributed by atoms with Crippen LogP contribution < -0.4 is 5.32 Å². The molecule has 0 spiro atoms. The second kappa shape index (κ2) is 11.4. The molecule has 2 aromatic carbocycles. The number of carbonyl (C=O) groups is 1. The summed E-state index contributed by atoms with van der Waals surface area (Å²) in [7, 11) is 0. The highest BCUT2D eigenvalue weighted by molar-refractivity contribution is 7.99. The van der Waals surface area contributed by atoms with Gasteiger partial charge in [-0.3, -0.25) is 9.36 Å². The van der Waals surface area contributed by atoms with E-state index in [0.29, 0.717) is 29.4 Å². The Hall–Kier alpha value is -2.71. The van der Waals surface area contributed by atoms with Crippen LogP contribution in [0.1, 0.15) is 63.5 Å². The molecule has 2 heterocycles. The van der Waals surface area contributed by atoms with Crippen molar-refractivity contribution in [3.05, 3.63) is 59.4 Å². The quantitative estimate of drug-likeness (QED) is 0.355. The number of anilines is 1. The van der Waals surface area contributed by atoms with Gasteiger partial charge in [0.15, 0.2) is 11.0 Å². The van der Waals surface area contributed by atoms with Gasteiger partial charge in [-0.2, -0.15) is 0 Å². The zero-order valence-corrected chi connectivity index (χ0v) is 21.6. The lowest BCUT2D eigenvalue weighted by Gasteiger charge is -2.20. The van der Waals surface area contributed by atoms with Gasteiger partial charge in [-0.05, 0) is 60.1 Å². The Kier molecular flexibility index (Phi) is 8.23. The van der Waals surface area contributed by atoms with Gasteiger partial charge in [0.2, 0.25) is 5.91 Å². The molecular weight excluding hydrogens is 463 g/mol. The largest absolute Gasteiger partial charge is 0.376 e. The molecule has 1 unspecified atom stereocenters. The summed E-state index contributed by atoms with van der Waals surface area (Å²) in [5, 5.41) is 12.6. The van der Waals surface area contributed by atoms with Gasteiger partial charge in [0, 0.05) is 17.9 Å². The van der Waals surface area contributed by atoms with E-state index in [-0.39, 0.29) is 23.6 Å². The maximum atomic E-state index is 13.5. The number of para-hydroxylation sites is 1. The maximum absolute atomic E-state index is 13.5. The standard InChI is InChI=1S/C27H33FN4O2S/c1-17(2)22-8-5-9-23(18(3)4)25(22)29-24(33)16-35-27-31-30-26(19-10-12-20(28)13-11-19)32(27)15-21-7-6-14-34-21/h5,8-13,17-18,21H,6-7,14-16H2,1-4H3,(H,29,33). The highest BCUT2D eigenvalue weighted by Crippen LogP contribution is 2.33. The molecule has 0 radical (unpaired) electrons. The fourth-order valence-electron chi connectivity index (χ4n) is 4.37. The molecule has 1 fully saturated rings. The first-order chi connectivity index (χ1) is 16.8. The molecule has 0 saturated carbocycles. The fourth-order valence-corrected chi connectivity index (χ4v) is 5.11. The van der Waals surface area contributed by atoms with Crippen LogP contribution >= 0.6 is 11.8 Å². The number of nitrogens with zero attached hydrogens (tertiary/aromatic N) is 3. The van der Waals surface area contributed by atoms with Crippen LogP contribution in [0.4, 0.5) is 10.1 Å². The third kappa shape index (κ3) is 6.11. The molecule has 4 rings (SSSR count). The molecule has 3 aromatic rings. The number of benzene rings is 2. The molecule has 6 nitrogen and oxygen atoms in total. The number of nitrogens with one attached hydrogen (secondary N) is 1. The average molecular weight is 497 g/mol. The summed E-state index contributed by atoms with van der Waals surface area (Å²) in [6.45, 7) is 9.87. The minimum atomic E-state index is -0.298. The van der Waals surface area contributed by atoms with Crippen LogP contribution in [0.5, 0.6) is 0 Å². The van der Waals surface area contributed by atoms with Crippen molar-refractivity contribution in [2.24, 2.45) is 0 Å². The number of ether oxygens (including phenoxy) is 1. The summed E-state index contributed by atoms with van der Waals surface area (Å²) in [5.74, 6) is 1.06. The number of halogens is 1. The van der Waals surface area contributed by atoms with Crippen LogP contribution in [0.15, 0.2) is 47.6 Å². The van der Waals surface area contributed by atoms with Gasteiger partial charge >= 0.3 is 0 Å². The third-order valence-corrected chi connectivity index (χ3v) is 7.17. The summed E-state index contributed by atoms with van der Waals surface area (Å²) in [6, 6.07) is 12.4. The van der Waals surface area contributed by atoms with Crippen LogP contribution in [0.2, 0.25) is 0 Å². The molecule has 1 aliphatic heterocycles. The van der Waals surface area contributed by atoms with E-state index in [9.17, 15) is 9.18 Å². The van der Waals surface area contributed by atoms with Crippen molar-refractivity contribution in [1.29, 1.82) is 0 Å². The van der Waals surface area contributed by atoms with Gasteiger partial charge in [-0.1, -0.05) is 57.7 Å². The zero-order valence-electron chi connectivity index (χ0n) is 20.8. The van der Waals surface area contributed by atoms with Gasteiger partial charge in [0.05, 0.1) is 18.4 Å². The normalized spacial score (nSPS) is 15.8. The molecule has 0 bridgehead atoms. The lowest BCUT2D eigenvalue weighted by atomic mass is 9.92. The lowest BCUT2D eigenvalue weighted by Crippen LogP contribution is -2.19. The van der Waals surface area contributed by atoms with Crippen LogP contribution in [-0.4, -0.2) is 39.1 Å². The van der Waals surface area contributed by atoms with Crippen molar-refractivity contribution >= 4 is 23.4 Å². The van der Waals surface area contributed by atoms with E-state index < -0.39 is 0 Å². The van der Waals surface area contributed by atoms with Crippen LogP contribution in [0, 0.1) is 5.82 Å². The van der Waals surface area contributed by atoms with E-state index in [1.165, 1.54) is 23.9 Å². The first-order valence-electron chi connectivity index (χ1n) is 12.2. The van der Waals surface area contributed by atoms with Gasteiger partial charge in [0.25, 0.3) is 0 Å². The second-order valence-corrected chi connectivity index (χ2v) is 10.5. The predicted octanol–water partition coefficient (Wildman–Crippen LogP) is 6.24. The number of thioether (sulfide) groups is 1. The van der Waals surface area contributed by atoms with Gasteiger partial charge in [0.1, 0.15) is 5.82 Å². The molecule has 1 atom stereocenters. The van der Waals surface area contributed by atoms with Gasteiger partial charge < -0.3 is 10.1 Å². The van der Waals surface area contributed by atoms with Crippen LogP contribution in [-0.2, 0) is 16.1 Å². The van der Waals surface area contributed by atoms with Crippen molar-refractivity contribution in [3.63, 3.8) is 0 Å². The van der Waals surface area contributed by atoms with Gasteiger partial charge in [-0.15, -0.1) is 10.2 Å². The van der Waals surface area contributed by atoms with Gasteiger partial charge in [-0.25, -0.2) is 4.39 Å². The highest BCUT2D eigenvalue weighted by Gasteiger charge is 2.23. The molecule has 1 N–H and O–H groups in total. The first kappa shape index (κ1) is 25.4. The number of aromatic nitrogens is 3. The van der Waals surface area contributed by atoms with Crippen molar-refractivity contribution in [3.8, 4) is 11.4 Å². The molecule has 1 aromatic heterocycles. The van der Waals surface area contributed by atoms with Crippen molar-refractivity contribution < 1.29 is 13.9 Å². The number of rotatable bonds is 9. The Morgan fingerprint density at radius 1 is 1.11 bits per heavy atom. The monoisotopic (exact) mass is 496 g/mol. The van der Waals surface area contributed by atoms with Crippen LogP contribution in [0.25, 0.3) is 11.4 Å². The Labute approximate surface area is 210 Å². The summed E-state index contributed by atoms with van der Waals surface area (Å²) in [6.07, 6.45) is 2.07. The molecule has 8 heteroatoms. The lowest BCUT2D eigenvalue weighted by molar-refractivity contribution is -0.113. The summed E-state index contributed by atoms with van der Waals surface area (Å²) < 4.78 is 21.3. The van der Waals surface area contributed by atoms with E-state index in [1.54, 1.807) is 12.1 Å². The van der Waals surface area contributed by atoms with E-state index in [4.69, 9.17) is 4.74 Å². The van der Waals surface area contributed by atoms with Crippen molar-refractivity contribution in [2.75, 3.05) is 17.7 Å².